The first-order chi connectivity index (χ1) is 13.9. The Bertz CT molecular complexity index is 1060. The summed E-state index contributed by atoms with van der Waals surface area (Å²) < 4.78 is 14.8. The number of benzene rings is 1. The Morgan fingerprint density at radius 1 is 1.28 bits per heavy atom. The Balaban J connectivity index is 1.97. The van der Waals surface area contributed by atoms with Crippen LogP contribution in [0.2, 0.25) is 0 Å². The second kappa shape index (κ2) is 9.26. The molecule has 0 fully saturated rings. The van der Waals surface area contributed by atoms with Crippen LogP contribution in [0.4, 0.5) is 4.39 Å². The first-order valence-corrected chi connectivity index (χ1v) is 10.7. The second-order valence-corrected chi connectivity index (χ2v) is 7.78. The summed E-state index contributed by atoms with van der Waals surface area (Å²) in [5.41, 5.74) is 2.00. The van der Waals surface area contributed by atoms with Gasteiger partial charge in [-0.1, -0.05) is 25.1 Å². The molecule has 1 aromatic carbocycles. The zero-order valence-electron chi connectivity index (χ0n) is 16.9. The maximum Gasteiger partial charge on any atom is 0.283 e. The van der Waals surface area contributed by atoms with E-state index < -0.39 is 0 Å². The van der Waals surface area contributed by atoms with Crippen molar-refractivity contribution in [1.82, 2.24) is 19.4 Å². The lowest BCUT2D eigenvalue weighted by atomic mass is 10.3. The number of aromatic nitrogens is 3. The number of hydrogen-bond acceptors (Lipinski definition) is 4. The van der Waals surface area contributed by atoms with Gasteiger partial charge >= 0.3 is 0 Å². The standard InChI is InChI=1S/C21H25FN4O2S/c1-4-6-11-25(5-2)18(27)13-29-21-24-17-12-14(3)23-19(17)20(28)26(21)16-9-7-15(22)8-10-16/h7-10,12,23H,4-6,11,13H2,1-3H3. The molecular formula is C21H25FN4O2S. The molecule has 3 aromatic rings. The van der Waals surface area contributed by atoms with Gasteiger partial charge in [0, 0.05) is 18.8 Å². The fraction of sp³-hybridized carbons (Fsp3) is 0.381. The highest BCUT2D eigenvalue weighted by Gasteiger charge is 2.18. The molecule has 2 heterocycles. The van der Waals surface area contributed by atoms with Crippen molar-refractivity contribution in [2.24, 2.45) is 0 Å². The molecule has 0 bridgehead atoms. The summed E-state index contributed by atoms with van der Waals surface area (Å²) in [7, 11) is 0. The summed E-state index contributed by atoms with van der Waals surface area (Å²) in [6, 6.07) is 7.47. The van der Waals surface area contributed by atoms with Gasteiger partial charge in [-0.15, -0.1) is 0 Å². The highest BCUT2D eigenvalue weighted by atomic mass is 32.2. The average Bonchev–Trinajstić information content (AvgIpc) is 3.08. The Kier molecular flexibility index (Phi) is 6.74. The summed E-state index contributed by atoms with van der Waals surface area (Å²) in [5, 5.41) is 0.410. The van der Waals surface area contributed by atoms with E-state index in [0.29, 0.717) is 28.4 Å². The Labute approximate surface area is 173 Å². The predicted octanol–water partition coefficient (Wildman–Crippen LogP) is 3.90. The van der Waals surface area contributed by atoms with Gasteiger partial charge in [-0.2, -0.15) is 0 Å². The van der Waals surface area contributed by atoms with Crippen molar-refractivity contribution in [2.75, 3.05) is 18.8 Å². The molecule has 0 aliphatic heterocycles. The van der Waals surface area contributed by atoms with Crippen molar-refractivity contribution >= 4 is 28.7 Å². The molecule has 8 heteroatoms. The molecule has 1 N–H and O–H groups in total. The van der Waals surface area contributed by atoms with Crippen LogP contribution < -0.4 is 5.56 Å². The van der Waals surface area contributed by atoms with E-state index in [1.54, 1.807) is 6.07 Å². The van der Waals surface area contributed by atoms with Crippen LogP contribution in [-0.4, -0.2) is 44.2 Å². The topological polar surface area (TPSA) is 71.0 Å². The van der Waals surface area contributed by atoms with Crippen molar-refractivity contribution in [2.45, 2.75) is 38.8 Å². The maximum absolute atomic E-state index is 13.4. The SMILES string of the molecule is CCCCN(CC)C(=O)CSc1nc2cc(C)[nH]c2c(=O)n1-c1ccc(F)cc1. The fourth-order valence-electron chi connectivity index (χ4n) is 3.12. The number of rotatable bonds is 8. The van der Waals surface area contributed by atoms with Crippen LogP contribution in [0.5, 0.6) is 0 Å². The van der Waals surface area contributed by atoms with Crippen molar-refractivity contribution < 1.29 is 9.18 Å². The van der Waals surface area contributed by atoms with Crippen LogP contribution in [0.15, 0.2) is 40.3 Å². The number of nitrogens with one attached hydrogen (secondary N) is 1. The zero-order chi connectivity index (χ0) is 21.0. The highest BCUT2D eigenvalue weighted by Crippen LogP contribution is 2.22. The van der Waals surface area contributed by atoms with Gasteiger partial charge in [0.15, 0.2) is 5.16 Å². The normalized spacial score (nSPS) is 11.2. The summed E-state index contributed by atoms with van der Waals surface area (Å²) in [4.78, 5) is 35.2. The Morgan fingerprint density at radius 3 is 2.66 bits per heavy atom. The van der Waals surface area contributed by atoms with Gasteiger partial charge in [-0.25, -0.2) is 9.37 Å². The quantitative estimate of drug-likeness (QED) is 0.447. The molecule has 0 aliphatic carbocycles. The van der Waals surface area contributed by atoms with E-state index in [1.807, 2.05) is 18.7 Å². The lowest BCUT2D eigenvalue weighted by molar-refractivity contribution is -0.128. The number of nitrogens with zero attached hydrogens (tertiary/aromatic N) is 3. The number of unbranched alkanes of at least 4 members (excludes halogenated alkanes) is 1. The van der Waals surface area contributed by atoms with E-state index in [-0.39, 0.29) is 23.0 Å². The summed E-state index contributed by atoms with van der Waals surface area (Å²) >= 11 is 1.22. The summed E-state index contributed by atoms with van der Waals surface area (Å²) in [5.74, 6) is -0.193. The van der Waals surface area contributed by atoms with Crippen LogP contribution in [-0.2, 0) is 4.79 Å². The van der Waals surface area contributed by atoms with Gasteiger partial charge in [0.2, 0.25) is 5.91 Å². The van der Waals surface area contributed by atoms with Crippen LogP contribution >= 0.6 is 11.8 Å². The maximum atomic E-state index is 13.4. The van der Waals surface area contributed by atoms with E-state index in [2.05, 4.69) is 16.9 Å². The third kappa shape index (κ3) is 4.70. The van der Waals surface area contributed by atoms with Crippen molar-refractivity contribution in [1.29, 1.82) is 0 Å². The number of H-pyrrole nitrogens is 1. The number of hydrogen-bond donors (Lipinski definition) is 1. The smallest absolute Gasteiger partial charge is 0.283 e. The Hall–Kier alpha value is -2.61. The molecule has 2 aromatic heterocycles. The third-order valence-corrected chi connectivity index (χ3v) is 5.60. The van der Waals surface area contributed by atoms with E-state index in [4.69, 9.17) is 0 Å². The molecule has 0 unspecified atom stereocenters. The van der Waals surface area contributed by atoms with E-state index >= 15 is 0 Å². The monoisotopic (exact) mass is 416 g/mol. The number of halogens is 1. The number of aryl methyl sites for hydroxylation is 1. The molecule has 0 atom stereocenters. The zero-order valence-corrected chi connectivity index (χ0v) is 17.7. The molecule has 29 heavy (non-hydrogen) atoms. The largest absolute Gasteiger partial charge is 0.353 e. The summed E-state index contributed by atoms with van der Waals surface area (Å²) in [6.07, 6.45) is 1.98. The van der Waals surface area contributed by atoms with Crippen molar-refractivity contribution in [3.8, 4) is 5.69 Å². The van der Waals surface area contributed by atoms with E-state index in [9.17, 15) is 14.0 Å². The molecule has 3 rings (SSSR count). The Morgan fingerprint density at radius 2 is 2.00 bits per heavy atom. The second-order valence-electron chi connectivity index (χ2n) is 6.84. The molecule has 0 spiro atoms. The van der Waals surface area contributed by atoms with Gasteiger partial charge in [-0.3, -0.25) is 14.2 Å². The fourth-order valence-corrected chi connectivity index (χ4v) is 4.03. The molecule has 154 valence electrons. The molecule has 1 amide bonds. The average molecular weight is 417 g/mol. The van der Waals surface area contributed by atoms with E-state index in [0.717, 1.165) is 25.1 Å². The first-order valence-electron chi connectivity index (χ1n) is 9.73. The number of aromatic amines is 1. The third-order valence-electron chi connectivity index (χ3n) is 4.68. The molecule has 0 saturated carbocycles. The molecular weight excluding hydrogens is 391 g/mol. The number of thioether (sulfide) groups is 1. The van der Waals surface area contributed by atoms with Crippen molar-refractivity contribution in [3.05, 3.63) is 52.2 Å². The van der Waals surface area contributed by atoms with Crippen LogP contribution in [0.3, 0.4) is 0 Å². The van der Waals surface area contributed by atoms with Crippen molar-refractivity contribution in [3.63, 3.8) is 0 Å². The van der Waals surface area contributed by atoms with Gasteiger partial charge < -0.3 is 9.88 Å². The number of amides is 1. The molecule has 0 radical (unpaired) electrons. The summed E-state index contributed by atoms with van der Waals surface area (Å²) in [6.45, 7) is 7.27. The minimum atomic E-state index is -0.384. The van der Waals surface area contributed by atoms with E-state index in [1.165, 1.54) is 40.6 Å². The first kappa shape index (κ1) is 21.1. The molecule has 0 aliphatic rings. The molecule has 6 nitrogen and oxygen atoms in total. The lowest BCUT2D eigenvalue weighted by Gasteiger charge is -2.20. The minimum Gasteiger partial charge on any atom is -0.353 e. The number of fused-ring (bicyclic) bond motifs is 1. The van der Waals surface area contributed by atoms with Gasteiger partial charge in [0.1, 0.15) is 11.3 Å². The predicted molar refractivity (Wildman–Crippen MR) is 114 cm³/mol. The van der Waals surface area contributed by atoms with Crippen LogP contribution in [0.1, 0.15) is 32.4 Å². The van der Waals surface area contributed by atoms with Gasteiger partial charge in [0.25, 0.3) is 5.56 Å². The number of carbonyl (C=O) groups is 1. The minimum absolute atomic E-state index is 0.0104. The van der Waals surface area contributed by atoms with Crippen LogP contribution in [0, 0.1) is 12.7 Å². The van der Waals surface area contributed by atoms with Gasteiger partial charge in [-0.05, 0) is 50.6 Å². The van der Waals surface area contributed by atoms with Gasteiger partial charge in [0.05, 0.1) is 17.0 Å². The molecule has 0 saturated heterocycles. The highest BCUT2D eigenvalue weighted by molar-refractivity contribution is 7.99. The number of carbonyl (C=O) groups excluding carboxylic acids is 1. The lowest BCUT2D eigenvalue weighted by Crippen LogP contribution is -2.33. The van der Waals surface area contributed by atoms with Crippen LogP contribution in [0.25, 0.3) is 16.7 Å².